The summed E-state index contributed by atoms with van der Waals surface area (Å²) in [6.45, 7) is 2.45. The third-order valence-corrected chi connectivity index (χ3v) is 6.17. The van der Waals surface area contributed by atoms with Gasteiger partial charge in [0.15, 0.2) is 0 Å². The van der Waals surface area contributed by atoms with Crippen molar-refractivity contribution in [2.45, 2.75) is 20.0 Å². The molecule has 1 amide bonds. The molecule has 8 nitrogen and oxygen atoms in total. The summed E-state index contributed by atoms with van der Waals surface area (Å²) in [4.78, 5) is 31.5. The Morgan fingerprint density at radius 3 is 2.47 bits per heavy atom. The van der Waals surface area contributed by atoms with E-state index in [1.54, 1.807) is 23.9 Å². The van der Waals surface area contributed by atoms with Crippen molar-refractivity contribution in [3.05, 3.63) is 117 Å². The predicted octanol–water partition coefficient (Wildman–Crippen LogP) is 3.42. The number of aromatic nitrogens is 3. The van der Waals surface area contributed by atoms with Crippen molar-refractivity contribution in [2.75, 3.05) is 7.11 Å². The molecule has 0 saturated heterocycles. The second-order valence-corrected chi connectivity index (χ2v) is 8.55. The van der Waals surface area contributed by atoms with Crippen LogP contribution in [0.2, 0.25) is 0 Å². The van der Waals surface area contributed by atoms with Gasteiger partial charge >= 0.3 is 0 Å². The lowest BCUT2D eigenvalue weighted by molar-refractivity contribution is 0.0948. The number of carbonyl (C=O) groups is 1. The van der Waals surface area contributed by atoms with E-state index in [9.17, 15) is 9.59 Å². The van der Waals surface area contributed by atoms with Gasteiger partial charge in [-0.2, -0.15) is 0 Å². The Balaban J connectivity index is 1.63. The van der Waals surface area contributed by atoms with Crippen molar-refractivity contribution in [2.24, 2.45) is 0 Å². The number of fused-ring (bicyclic) bond motifs is 2. The highest BCUT2D eigenvalue weighted by Gasteiger charge is 2.18. The van der Waals surface area contributed by atoms with Crippen molar-refractivity contribution >= 4 is 22.6 Å². The van der Waals surface area contributed by atoms with Gasteiger partial charge in [-0.25, -0.2) is 4.98 Å². The molecule has 0 aliphatic heterocycles. The molecule has 0 unspecified atom stereocenters. The van der Waals surface area contributed by atoms with Crippen LogP contribution in [-0.4, -0.2) is 27.0 Å². The lowest BCUT2D eigenvalue weighted by Gasteiger charge is -2.15. The molecule has 8 heteroatoms. The van der Waals surface area contributed by atoms with Crippen molar-refractivity contribution in [3.8, 4) is 5.75 Å². The molecule has 5 rings (SSSR count). The van der Waals surface area contributed by atoms with Crippen molar-refractivity contribution in [1.29, 1.82) is 5.41 Å². The number of amides is 1. The Morgan fingerprint density at radius 1 is 1.00 bits per heavy atom. The third-order valence-electron chi connectivity index (χ3n) is 6.17. The quantitative estimate of drug-likeness (QED) is 0.364. The Morgan fingerprint density at radius 2 is 1.75 bits per heavy atom. The van der Waals surface area contributed by atoms with Crippen LogP contribution in [0.25, 0.3) is 16.7 Å². The van der Waals surface area contributed by atoms with Gasteiger partial charge in [-0.1, -0.05) is 48.5 Å². The van der Waals surface area contributed by atoms with Gasteiger partial charge in [0.25, 0.3) is 11.5 Å². The minimum absolute atomic E-state index is 0.0107. The molecular weight excluding hydrogens is 454 g/mol. The smallest absolute Gasteiger partial charge is 0.267 e. The maximum Gasteiger partial charge on any atom is 0.267 e. The molecule has 0 fully saturated rings. The van der Waals surface area contributed by atoms with Crippen LogP contribution in [0.15, 0.2) is 83.8 Å². The fourth-order valence-corrected chi connectivity index (χ4v) is 4.21. The fraction of sp³-hybridized carbons (Fsp3) is 0.143. The summed E-state index contributed by atoms with van der Waals surface area (Å²) in [5, 5.41) is 12.1. The van der Waals surface area contributed by atoms with E-state index in [-0.39, 0.29) is 28.5 Å². The summed E-state index contributed by atoms with van der Waals surface area (Å²) in [7, 11) is 1.60. The van der Waals surface area contributed by atoms with Crippen LogP contribution in [0.4, 0.5) is 0 Å². The van der Waals surface area contributed by atoms with Gasteiger partial charge in [0.2, 0.25) is 0 Å². The standard InChI is InChI=1S/C28H25N5O3/c1-18-7-6-14-32-25(18)31-26-23(28(32)35)15-22(24(29)33(26)17-20-8-4-3-5-9-20)27(34)30-16-19-10-12-21(36-2)13-11-19/h3-15,29H,16-17H2,1-2H3,(H,30,34). The molecule has 0 bridgehead atoms. The third kappa shape index (κ3) is 4.24. The molecule has 3 aromatic heterocycles. The summed E-state index contributed by atoms with van der Waals surface area (Å²) < 4.78 is 8.28. The van der Waals surface area contributed by atoms with Crippen molar-refractivity contribution in [1.82, 2.24) is 19.3 Å². The Kier molecular flexibility index (Phi) is 6.08. The van der Waals surface area contributed by atoms with Crippen LogP contribution in [0.5, 0.6) is 5.75 Å². The first kappa shape index (κ1) is 23.0. The SMILES string of the molecule is COc1ccc(CNC(=O)c2cc3c(=O)n4cccc(C)c4nc3n(Cc3ccccc3)c2=N)cc1. The van der Waals surface area contributed by atoms with Gasteiger partial charge in [0.05, 0.1) is 24.6 Å². The molecule has 36 heavy (non-hydrogen) atoms. The van der Waals surface area contributed by atoms with Crippen LogP contribution in [-0.2, 0) is 13.1 Å². The number of nitrogens with one attached hydrogen (secondary N) is 2. The number of methoxy groups -OCH3 is 1. The first-order valence-electron chi connectivity index (χ1n) is 11.5. The zero-order valence-corrected chi connectivity index (χ0v) is 20.0. The lowest BCUT2D eigenvalue weighted by atomic mass is 10.1. The second kappa shape index (κ2) is 9.50. The molecule has 0 spiro atoms. The summed E-state index contributed by atoms with van der Waals surface area (Å²) in [6, 6.07) is 22.1. The van der Waals surface area contributed by atoms with E-state index >= 15 is 0 Å². The minimum atomic E-state index is -0.437. The number of carbonyl (C=O) groups excluding carboxylic acids is 1. The molecule has 2 aromatic carbocycles. The highest BCUT2D eigenvalue weighted by atomic mass is 16.5. The van der Waals surface area contributed by atoms with Crippen LogP contribution in [0.3, 0.4) is 0 Å². The topological polar surface area (TPSA) is 101 Å². The molecule has 0 aliphatic rings. The molecule has 0 radical (unpaired) electrons. The van der Waals surface area contributed by atoms with E-state index < -0.39 is 5.91 Å². The molecule has 5 aromatic rings. The van der Waals surface area contributed by atoms with Gasteiger partial charge in [-0.3, -0.25) is 19.4 Å². The van der Waals surface area contributed by atoms with Gasteiger partial charge in [-0.15, -0.1) is 0 Å². The molecule has 0 aliphatic carbocycles. The number of nitrogens with zero attached hydrogens (tertiary/aromatic N) is 3. The average molecular weight is 480 g/mol. The van der Waals surface area contributed by atoms with E-state index in [1.807, 2.05) is 67.6 Å². The van der Waals surface area contributed by atoms with Gasteiger partial charge in [-0.05, 0) is 47.9 Å². The fourth-order valence-electron chi connectivity index (χ4n) is 4.21. The lowest BCUT2D eigenvalue weighted by Crippen LogP contribution is -2.35. The molecular formula is C28H25N5O3. The zero-order valence-electron chi connectivity index (χ0n) is 20.0. The Labute approximate surface area is 207 Å². The number of ether oxygens (including phenoxy) is 1. The number of pyridine rings is 2. The highest BCUT2D eigenvalue weighted by molar-refractivity contribution is 5.96. The van der Waals surface area contributed by atoms with E-state index in [1.165, 1.54) is 10.5 Å². The summed E-state index contributed by atoms with van der Waals surface area (Å²) in [6.07, 6.45) is 1.66. The minimum Gasteiger partial charge on any atom is -0.497 e. The van der Waals surface area contributed by atoms with Crippen molar-refractivity contribution < 1.29 is 9.53 Å². The Bertz CT molecular complexity index is 1700. The van der Waals surface area contributed by atoms with Crippen LogP contribution in [0, 0.1) is 12.3 Å². The largest absolute Gasteiger partial charge is 0.497 e. The van der Waals surface area contributed by atoms with Crippen molar-refractivity contribution in [3.63, 3.8) is 0 Å². The number of benzene rings is 2. The zero-order chi connectivity index (χ0) is 25.2. The van der Waals surface area contributed by atoms with E-state index in [0.29, 0.717) is 17.8 Å². The number of rotatable bonds is 6. The summed E-state index contributed by atoms with van der Waals surface area (Å²) in [5.74, 6) is 0.290. The average Bonchev–Trinajstić information content (AvgIpc) is 2.90. The van der Waals surface area contributed by atoms with E-state index in [0.717, 1.165) is 22.4 Å². The van der Waals surface area contributed by atoms with E-state index in [2.05, 4.69) is 5.32 Å². The van der Waals surface area contributed by atoms with E-state index in [4.69, 9.17) is 15.1 Å². The van der Waals surface area contributed by atoms with Gasteiger partial charge < -0.3 is 14.6 Å². The molecule has 0 atom stereocenters. The number of hydrogen-bond acceptors (Lipinski definition) is 5. The summed E-state index contributed by atoms with van der Waals surface area (Å²) in [5.41, 5.74) is 3.36. The number of aryl methyl sites for hydroxylation is 1. The molecule has 0 saturated carbocycles. The first-order valence-corrected chi connectivity index (χ1v) is 11.5. The molecule has 3 heterocycles. The maximum absolute atomic E-state index is 13.5. The Hall–Kier alpha value is -4.72. The monoisotopic (exact) mass is 479 g/mol. The van der Waals surface area contributed by atoms with Crippen LogP contribution >= 0.6 is 0 Å². The second-order valence-electron chi connectivity index (χ2n) is 8.55. The predicted molar refractivity (Wildman–Crippen MR) is 137 cm³/mol. The molecule has 2 N–H and O–H groups in total. The first-order chi connectivity index (χ1) is 17.5. The summed E-state index contributed by atoms with van der Waals surface area (Å²) >= 11 is 0. The van der Waals surface area contributed by atoms with Gasteiger partial charge in [0, 0.05) is 12.7 Å². The van der Waals surface area contributed by atoms with Crippen LogP contribution < -0.4 is 21.1 Å². The van der Waals surface area contributed by atoms with Crippen LogP contribution in [0.1, 0.15) is 27.0 Å². The maximum atomic E-state index is 13.5. The number of hydrogen-bond donors (Lipinski definition) is 2. The molecule has 180 valence electrons. The van der Waals surface area contributed by atoms with Gasteiger partial charge in [0.1, 0.15) is 22.5 Å². The highest BCUT2D eigenvalue weighted by Crippen LogP contribution is 2.15. The normalized spacial score (nSPS) is 11.1.